The summed E-state index contributed by atoms with van der Waals surface area (Å²) in [7, 11) is 0. The van der Waals surface area contributed by atoms with Crippen LogP contribution in [0.15, 0.2) is 24.4 Å². The van der Waals surface area contributed by atoms with Gasteiger partial charge in [0.2, 0.25) is 0 Å². The Morgan fingerprint density at radius 3 is 3.00 bits per heavy atom. The minimum absolute atomic E-state index is 0.204. The summed E-state index contributed by atoms with van der Waals surface area (Å²) in [6.45, 7) is 0. The molecular formula is C15H18N4OS. The highest BCUT2D eigenvalue weighted by Gasteiger charge is 2.53. The van der Waals surface area contributed by atoms with Gasteiger partial charge in [-0.1, -0.05) is 23.0 Å². The summed E-state index contributed by atoms with van der Waals surface area (Å²) in [5.74, 6) is 1.43. The molecule has 6 heteroatoms. The predicted octanol–water partition coefficient (Wildman–Crippen LogP) is 2.96. The molecule has 1 spiro atoms. The lowest BCUT2D eigenvalue weighted by Crippen LogP contribution is -2.57. The van der Waals surface area contributed by atoms with E-state index in [1.807, 2.05) is 17.4 Å². The number of aromatic nitrogens is 1. The topological polar surface area (TPSA) is 49.4 Å². The molecule has 0 amide bonds. The van der Waals surface area contributed by atoms with Gasteiger partial charge in [0.05, 0.1) is 0 Å². The first-order valence-corrected chi connectivity index (χ1v) is 8.50. The van der Waals surface area contributed by atoms with Crippen LogP contribution in [0.4, 0.5) is 5.00 Å². The molecule has 3 saturated carbocycles. The van der Waals surface area contributed by atoms with E-state index < -0.39 is 0 Å². The van der Waals surface area contributed by atoms with Crippen LogP contribution in [0.5, 0.6) is 0 Å². The maximum Gasteiger partial charge on any atom is 0.163 e. The zero-order chi connectivity index (χ0) is 13.9. The van der Waals surface area contributed by atoms with Crippen molar-refractivity contribution in [1.82, 2.24) is 16.0 Å². The lowest BCUT2D eigenvalue weighted by Gasteiger charge is -2.47. The largest absolute Gasteiger partial charge is 0.257 e. The second-order valence-electron chi connectivity index (χ2n) is 6.43. The highest BCUT2D eigenvalue weighted by Crippen LogP contribution is 2.49. The van der Waals surface area contributed by atoms with E-state index in [-0.39, 0.29) is 5.72 Å². The molecule has 4 aliphatic rings. The number of fused-ring (bicyclic) bond motifs is 3. The first-order chi connectivity index (χ1) is 10.3. The van der Waals surface area contributed by atoms with E-state index in [0.29, 0.717) is 5.92 Å². The summed E-state index contributed by atoms with van der Waals surface area (Å²) in [6.07, 6.45) is 8.24. The maximum absolute atomic E-state index is 6.03. The fourth-order valence-electron chi connectivity index (χ4n) is 4.12. The number of hydrogen-bond donors (Lipinski definition) is 2. The molecule has 0 aromatic carbocycles. The number of rotatable bonds is 1. The smallest absolute Gasteiger partial charge is 0.163 e. The van der Waals surface area contributed by atoms with Gasteiger partial charge in [0.25, 0.3) is 0 Å². The van der Waals surface area contributed by atoms with Gasteiger partial charge in [-0.3, -0.25) is 4.84 Å². The van der Waals surface area contributed by atoms with E-state index >= 15 is 0 Å². The third-order valence-electron chi connectivity index (χ3n) is 5.22. The number of hydrazine groups is 2. The molecule has 1 aliphatic heterocycles. The molecule has 3 aliphatic carbocycles. The number of pyridine rings is 1. The van der Waals surface area contributed by atoms with E-state index in [4.69, 9.17) is 4.84 Å². The Labute approximate surface area is 127 Å². The normalized spacial score (nSPS) is 35.1. The molecule has 5 nitrogen and oxygen atoms in total. The Hall–Kier alpha value is -1.21. The summed E-state index contributed by atoms with van der Waals surface area (Å²) in [5.41, 5.74) is 6.48. The third-order valence-corrected chi connectivity index (χ3v) is 6.26. The van der Waals surface area contributed by atoms with Crippen molar-refractivity contribution in [3.63, 3.8) is 0 Å². The van der Waals surface area contributed by atoms with Crippen LogP contribution in [0.25, 0.3) is 10.2 Å². The molecule has 21 heavy (non-hydrogen) atoms. The molecule has 110 valence electrons. The summed E-state index contributed by atoms with van der Waals surface area (Å²) < 4.78 is 0. The second-order valence-corrected chi connectivity index (χ2v) is 7.44. The van der Waals surface area contributed by atoms with Crippen molar-refractivity contribution < 1.29 is 4.84 Å². The summed E-state index contributed by atoms with van der Waals surface area (Å²) in [6, 6.07) is 6.22. The molecule has 2 aromatic heterocycles. The molecule has 3 heterocycles. The molecule has 0 unspecified atom stereocenters. The van der Waals surface area contributed by atoms with Crippen LogP contribution in [0.3, 0.4) is 0 Å². The van der Waals surface area contributed by atoms with Crippen LogP contribution in [-0.2, 0) is 4.84 Å². The third kappa shape index (κ3) is 1.83. The van der Waals surface area contributed by atoms with Crippen LogP contribution in [0, 0.1) is 11.8 Å². The quantitative estimate of drug-likeness (QED) is 0.848. The number of nitrogens with zero attached hydrogens (tertiary/aromatic N) is 2. The van der Waals surface area contributed by atoms with Crippen molar-refractivity contribution in [3.8, 4) is 0 Å². The van der Waals surface area contributed by atoms with Gasteiger partial charge >= 0.3 is 0 Å². The fourth-order valence-corrected chi connectivity index (χ4v) is 5.04. The molecule has 2 N–H and O–H groups in total. The molecule has 0 radical (unpaired) electrons. The Kier molecular flexibility index (Phi) is 2.58. The zero-order valence-electron chi connectivity index (χ0n) is 11.7. The Bertz CT molecular complexity index is 648. The standard InChI is InChI=1S/C15H18N4OS/c1-2-11-8-13(21-14(11)16-7-1)19-17-15(20-18-19)9-10-3-5-12(15)6-4-10/h1-2,7-8,10,12,17-18H,3-6,9H2/t10?,12?,15-/m1/s1. The number of thiophene rings is 1. The summed E-state index contributed by atoms with van der Waals surface area (Å²) in [5, 5.41) is 4.21. The minimum Gasteiger partial charge on any atom is -0.257 e. The molecule has 1 saturated heterocycles. The van der Waals surface area contributed by atoms with Crippen LogP contribution >= 0.6 is 11.3 Å². The molecule has 4 fully saturated rings. The molecule has 2 bridgehead atoms. The van der Waals surface area contributed by atoms with Gasteiger partial charge in [0.1, 0.15) is 9.83 Å². The number of anilines is 1. The molecule has 1 atom stereocenters. The van der Waals surface area contributed by atoms with Gasteiger partial charge in [0.15, 0.2) is 5.72 Å². The van der Waals surface area contributed by atoms with Crippen LogP contribution in [0.1, 0.15) is 32.1 Å². The van der Waals surface area contributed by atoms with E-state index in [1.54, 1.807) is 11.3 Å². The van der Waals surface area contributed by atoms with Crippen molar-refractivity contribution in [3.05, 3.63) is 24.4 Å². The predicted molar refractivity (Wildman–Crippen MR) is 82.3 cm³/mol. The van der Waals surface area contributed by atoms with Gasteiger partial charge in [-0.25, -0.2) is 10.1 Å². The summed E-state index contributed by atoms with van der Waals surface area (Å²) >= 11 is 1.67. The highest BCUT2D eigenvalue weighted by molar-refractivity contribution is 7.22. The van der Waals surface area contributed by atoms with Crippen molar-refractivity contribution in [2.24, 2.45) is 11.8 Å². The monoisotopic (exact) mass is 302 g/mol. The van der Waals surface area contributed by atoms with Gasteiger partial charge in [-0.2, -0.15) is 5.43 Å². The van der Waals surface area contributed by atoms with E-state index in [0.717, 1.165) is 22.2 Å². The Morgan fingerprint density at radius 2 is 2.24 bits per heavy atom. The molecular weight excluding hydrogens is 284 g/mol. The van der Waals surface area contributed by atoms with Crippen molar-refractivity contribution in [1.29, 1.82) is 0 Å². The first-order valence-electron chi connectivity index (χ1n) is 7.69. The van der Waals surface area contributed by atoms with Gasteiger partial charge in [-0.15, -0.1) is 0 Å². The van der Waals surface area contributed by atoms with Crippen LogP contribution in [-0.4, -0.2) is 10.7 Å². The van der Waals surface area contributed by atoms with E-state index in [1.165, 1.54) is 31.1 Å². The lowest BCUT2D eigenvalue weighted by molar-refractivity contribution is -0.153. The zero-order valence-corrected chi connectivity index (χ0v) is 12.5. The van der Waals surface area contributed by atoms with Gasteiger partial charge in [-0.05, 0) is 50.2 Å². The molecule has 6 rings (SSSR count). The lowest BCUT2D eigenvalue weighted by atomic mass is 9.66. The first kappa shape index (κ1) is 12.3. The van der Waals surface area contributed by atoms with Gasteiger partial charge in [0, 0.05) is 17.5 Å². The van der Waals surface area contributed by atoms with Crippen LogP contribution < -0.4 is 16.1 Å². The van der Waals surface area contributed by atoms with E-state index in [9.17, 15) is 0 Å². The minimum atomic E-state index is -0.204. The highest BCUT2D eigenvalue weighted by atomic mass is 32.1. The SMILES string of the molecule is c1cnc2sc(N3NO[C@@]4(CC5CCC4CC5)N3)cc2c1. The second kappa shape index (κ2) is 4.39. The van der Waals surface area contributed by atoms with Crippen molar-refractivity contribution >= 4 is 26.6 Å². The van der Waals surface area contributed by atoms with Crippen molar-refractivity contribution in [2.45, 2.75) is 37.8 Å². The van der Waals surface area contributed by atoms with Crippen LogP contribution in [0.2, 0.25) is 0 Å². The van der Waals surface area contributed by atoms with E-state index in [2.05, 4.69) is 28.1 Å². The van der Waals surface area contributed by atoms with Crippen molar-refractivity contribution in [2.75, 3.05) is 5.12 Å². The number of nitrogens with one attached hydrogen (secondary N) is 2. The average Bonchev–Trinajstić information content (AvgIpc) is 3.13. The Morgan fingerprint density at radius 1 is 1.33 bits per heavy atom. The Balaban J connectivity index is 1.44. The number of hydrogen-bond acceptors (Lipinski definition) is 6. The average molecular weight is 302 g/mol. The fraction of sp³-hybridized carbons (Fsp3) is 0.533. The van der Waals surface area contributed by atoms with Gasteiger partial charge < -0.3 is 0 Å². The maximum atomic E-state index is 6.03. The summed E-state index contributed by atoms with van der Waals surface area (Å²) in [4.78, 5) is 11.5. The molecule has 2 aromatic rings.